The molecule has 0 radical (unpaired) electrons. The van der Waals surface area contributed by atoms with Gasteiger partial charge in [-0.15, -0.1) is 0 Å². The minimum atomic E-state index is 0.162. The second-order valence-electron chi connectivity index (χ2n) is 6.55. The van der Waals surface area contributed by atoms with Crippen LogP contribution < -0.4 is 0 Å². The molecule has 0 saturated carbocycles. The van der Waals surface area contributed by atoms with Crippen molar-refractivity contribution in [3.05, 3.63) is 48.0 Å². The van der Waals surface area contributed by atoms with Gasteiger partial charge in [-0.05, 0) is 36.6 Å². The van der Waals surface area contributed by atoms with E-state index in [1.54, 1.807) is 0 Å². The largest absolute Gasteiger partial charge is 0.375 e. The van der Waals surface area contributed by atoms with Crippen molar-refractivity contribution in [2.75, 3.05) is 13.1 Å². The maximum Gasteiger partial charge on any atom is 0.254 e. The first-order valence-corrected chi connectivity index (χ1v) is 8.15. The monoisotopic (exact) mass is 295 g/mol. The van der Waals surface area contributed by atoms with Crippen molar-refractivity contribution in [2.24, 2.45) is 5.92 Å². The van der Waals surface area contributed by atoms with Gasteiger partial charge in [0.2, 0.25) is 0 Å². The van der Waals surface area contributed by atoms with Crippen LogP contribution >= 0.6 is 0 Å². The number of piperidine rings is 1. The van der Waals surface area contributed by atoms with Gasteiger partial charge in [0.05, 0.1) is 12.2 Å². The molecule has 3 nitrogen and oxygen atoms in total. The zero-order chi connectivity index (χ0) is 15.1. The summed E-state index contributed by atoms with van der Waals surface area (Å²) in [4.78, 5) is 15.0. The highest BCUT2D eigenvalue weighted by Gasteiger charge is 2.38. The van der Waals surface area contributed by atoms with E-state index in [4.69, 9.17) is 4.74 Å². The number of hydrogen-bond acceptors (Lipinski definition) is 2. The smallest absolute Gasteiger partial charge is 0.254 e. The van der Waals surface area contributed by atoms with Gasteiger partial charge >= 0.3 is 0 Å². The molecule has 0 aromatic heterocycles. The molecule has 2 aromatic carbocycles. The number of nitrogens with zero attached hydrogens (tertiary/aromatic N) is 1. The van der Waals surface area contributed by atoms with E-state index in [0.29, 0.717) is 18.1 Å². The van der Waals surface area contributed by atoms with Gasteiger partial charge in [0.1, 0.15) is 0 Å². The van der Waals surface area contributed by atoms with E-state index in [-0.39, 0.29) is 5.91 Å². The summed E-state index contributed by atoms with van der Waals surface area (Å²) in [5.74, 6) is 0.664. The van der Waals surface area contributed by atoms with Gasteiger partial charge in [0.25, 0.3) is 5.91 Å². The van der Waals surface area contributed by atoms with Crippen LogP contribution in [0.3, 0.4) is 0 Å². The number of amides is 1. The van der Waals surface area contributed by atoms with Crippen LogP contribution in [-0.2, 0) is 4.74 Å². The van der Waals surface area contributed by atoms with E-state index < -0.39 is 0 Å². The number of likely N-dealkylation sites (tertiary alicyclic amines) is 1. The van der Waals surface area contributed by atoms with E-state index in [1.807, 2.05) is 35.2 Å². The second kappa shape index (κ2) is 5.40. The average molecular weight is 295 g/mol. The summed E-state index contributed by atoms with van der Waals surface area (Å²) in [6.07, 6.45) is 2.73. The molecule has 114 valence electrons. The SMILES string of the molecule is C[C@@H]1C[C@@H]2CN(C(=O)c3cccc4ccccc34)CC[C@@H]2O1. The first-order chi connectivity index (χ1) is 10.7. The predicted octanol–water partition coefficient (Wildman–Crippen LogP) is 3.48. The van der Waals surface area contributed by atoms with Crippen LogP contribution in [0.5, 0.6) is 0 Å². The normalized spacial score (nSPS) is 27.9. The van der Waals surface area contributed by atoms with Crippen LogP contribution in [0.4, 0.5) is 0 Å². The first kappa shape index (κ1) is 13.8. The molecule has 2 saturated heterocycles. The molecular weight excluding hydrogens is 274 g/mol. The molecule has 3 heteroatoms. The maximum atomic E-state index is 13.0. The lowest BCUT2D eigenvalue weighted by molar-refractivity contribution is 0.00870. The van der Waals surface area contributed by atoms with Gasteiger partial charge < -0.3 is 9.64 Å². The van der Waals surface area contributed by atoms with E-state index in [0.717, 1.165) is 42.3 Å². The fourth-order valence-electron chi connectivity index (χ4n) is 3.96. The van der Waals surface area contributed by atoms with Gasteiger partial charge in [-0.2, -0.15) is 0 Å². The Bertz CT molecular complexity index is 706. The number of carbonyl (C=O) groups is 1. The summed E-state index contributed by atoms with van der Waals surface area (Å²) in [5.41, 5.74) is 0.823. The molecule has 2 fully saturated rings. The quantitative estimate of drug-likeness (QED) is 0.806. The van der Waals surface area contributed by atoms with Gasteiger partial charge in [-0.3, -0.25) is 4.79 Å². The predicted molar refractivity (Wildman–Crippen MR) is 86.9 cm³/mol. The molecule has 22 heavy (non-hydrogen) atoms. The van der Waals surface area contributed by atoms with Crippen LogP contribution in [-0.4, -0.2) is 36.1 Å². The molecule has 3 atom stereocenters. The molecule has 0 spiro atoms. The van der Waals surface area contributed by atoms with Crippen molar-refractivity contribution in [2.45, 2.75) is 32.0 Å². The number of hydrogen-bond donors (Lipinski definition) is 0. The van der Waals surface area contributed by atoms with Gasteiger partial charge in [-0.1, -0.05) is 36.4 Å². The Labute approximate surface area is 130 Å². The molecule has 2 aromatic rings. The van der Waals surface area contributed by atoms with Crippen molar-refractivity contribution >= 4 is 16.7 Å². The van der Waals surface area contributed by atoms with Crippen molar-refractivity contribution in [1.29, 1.82) is 0 Å². The molecule has 2 heterocycles. The Morgan fingerprint density at radius 3 is 2.91 bits per heavy atom. The number of carbonyl (C=O) groups excluding carboxylic acids is 1. The highest BCUT2D eigenvalue weighted by molar-refractivity contribution is 6.07. The van der Waals surface area contributed by atoms with Gasteiger partial charge in [0, 0.05) is 24.6 Å². The topological polar surface area (TPSA) is 29.5 Å². The summed E-state index contributed by atoms with van der Waals surface area (Å²) in [6, 6.07) is 14.1. The second-order valence-corrected chi connectivity index (χ2v) is 6.55. The van der Waals surface area contributed by atoms with Crippen LogP contribution in [0.25, 0.3) is 10.8 Å². The fourth-order valence-corrected chi connectivity index (χ4v) is 3.96. The van der Waals surface area contributed by atoms with E-state index in [9.17, 15) is 4.79 Å². The Morgan fingerprint density at radius 2 is 2.00 bits per heavy atom. The Hall–Kier alpha value is -1.87. The summed E-state index contributed by atoms with van der Waals surface area (Å²) in [6.45, 7) is 3.77. The maximum absolute atomic E-state index is 13.0. The van der Waals surface area contributed by atoms with Crippen molar-refractivity contribution in [3.8, 4) is 0 Å². The lowest BCUT2D eigenvalue weighted by atomic mass is 9.92. The zero-order valence-corrected chi connectivity index (χ0v) is 12.9. The standard InChI is InChI=1S/C19H21NO2/c1-13-11-15-12-20(10-9-18(15)22-13)19(21)17-8-4-6-14-5-2-3-7-16(14)17/h2-8,13,15,18H,9-12H2,1H3/t13-,15-,18+/m1/s1. The number of ether oxygens (including phenoxy) is 1. The first-order valence-electron chi connectivity index (χ1n) is 8.15. The number of fused-ring (bicyclic) bond motifs is 2. The zero-order valence-electron chi connectivity index (χ0n) is 12.9. The third-order valence-electron chi connectivity index (χ3n) is 5.01. The Kier molecular flexibility index (Phi) is 3.38. The van der Waals surface area contributed by atoms with Crippen molar-refractivity contribution in [3.63, 3.8) is 0 Å². The van der Waals surface area contributed by atoms with Crippen molar-refractivity contribution < 1.29 is 9.53 Å². The Balaban J connectivity index is 1.61. The minimum Gasteiger partial charge on any atom is -0.375 e. The molecule has 0 N–H and O–H groups in total. The minimum absolute atomic E-state index is 0.162. The summed E-state index contributed by atoms with van der Waals surface area (Å²) < 4.78 is 5.93. The lowest BCUT2D eigenvalue weighted by Gasteiger charge is -2.34. The van der Waals surface area contributed by atoms with Crippen LogP contribution in [0.15, 0.2) is 42.5 Å². The van der Waals surface area contributed by atoms with E-state index in [2.05, 4.69) is 19.1 Å². The average Bonchev–Trinajstić information content (AvgIpc) is 2.92. The molecule has 0 unspecified atom stereocenters. The van der Waals surface area contributed by atoms with E-state index in [1.165, 1.54) is 0 Å². The highest BCUT2D eigenvalue weighted by Crippen LogP contribution is 2.33. The Morgan fingerprint density at radius 1 is 1.18 bits per heavy atom. The molecular formula is C19H21NO2. The summed E-state index contributed by atoms with van der Waals surface area (Å²) in [7, 11) is 0. The van der Waals surface area contributed by atoms with Crippen LogP contribution in [0.2, 0.25) is 0 Å². The molecule has 0 bridgehead atoms. The summed E-state index contributed by atoms with van der Waals surface area (Å²) in [5, 5.41) is 2.18. The van der Waals surface area contributed by atoms with E-state index >= 15 is 0 Å². The molecule has 2 aliphatic rings. The highest BCUT2D eigenvalue weighted by atomic mass is 16.5. The van der Waals surface area contributed by atoms with Crippen LogP contribution in [0.1, 0.15) is 30.1 Å². The summed E-state index contributed by atoms with van der Waals surface area (Å²) >= 11 is 0. The molecule has 4 rings (SSSR count). The molecule has 1 amide bonds. The molecule has 0 aliphatic carbocycles. The lowest BCUT2D eigenvalue weighted by Crippen LogP contribution is -2.44. The van der Waals surface area contributed by atoms with Gasteiger partial charge in [-0.25, -0.2) is 0 Å². The number of rotatable bonds is 1. The molecule has 2 aliphatic heterocycles. The third-order valence-corrected chi connectivity index (χ3v) is 5.01. The van der Waals surface area contributed by atoms with Crippen molar-refractivity contribution in [1.82, 2.24) is 4.90 Å². The van der Waals surface area contributed by atoms with Gasteiger partial charge in [0.15, 0.2) is 0 Å². The van der Waals surface area contributed by atoms with Crippen LogP contribution in [0, 0.1) is 5.92 Å². The third kappa shape index (κ3) is 2.30. The fraction of sp³-hybridized carbons (Fsp3) is 0.421. The number of benzene rings is 2.